The molecular formula is C16H17N7OS2. The smallest absolute Gasteiger partial charge is 0.262 e. The van der Waals surface area contributed by atoms with Crippen LogP contribution in [0, 0.1) is 0 Å². The molecule has 26 heavy (non-hydrogen) atoms. The summed E-state index contributed by atoms with van der Waals surface area (Å²) in [4.78, 5) is 12.5. The van der Waals surface area contributed by atoms with Gasteiger partial charge in [-0.25, -0.2) is 0 Å². The van der Waals surface area contributed by atoms with Crippen LogP contribution in [0.15, 0.2) is 33.4 Å². The molecular weight excluding hydrogens is 370 g/mol. The van der Waals surface area contributed by atoms with E-state index < -0.39 is 0 Å². The van der Waals surface area contributed by atoms with E-state index >= 15 is 0 Å². The second-order valence-electron chi connectivity index (χ2n) is 5.72. The second-order valence-corrected chi connectivity index (χ2v) is 7.92. The molecule has 134 valence electrons. The first-order chi connectivity index (χ1) is 12.7. The fourth-order valence-electron chi connectivity index (χ4n) is 2.68. The molecule has 0 aliphatic carbocycles. The number of hydrogen-bond acceptors (Lipinski definition) is 8. The van der Waals surface area contributed by atoms with Crippen LogP contribution >= 0.6 is 23.1 Å². The van der Waals surface area contributed by atoms with E-state index in [9.17, 15) is 4.79 Å². The third kappa shape index (κ3) is 2.95. The van der Waals surface area contributed by atoms with Crippen molar-refractivity contribution in [3.05, 3.63) is 40.4 Å². The van der Waals surface area contributed by atoms with E-state index in [1.807, 2.05) is 28.7 Å². The number of aryl methyl sites for hydroxylation is 1. The normalized spacial score (nSPS) is 11.5. The Bertz CT molecular complexity index is 1130. The van der Waals surface area contributed by atoms with Gasteiger partial charge in [0.2, 0.25) is 10.9 Å². The molecule has 8 nitrogen and oxygen atoms in total. The van der Waals surface area contributed by atoms with E-state index in [2.05, 4.69) is 32.6 Å². The molecule has 10 heteroatoms. The van der Waals surface area contributed by atoms with Gasteiger partial charge in [-0.1, -0.05) is 42.2 Å². The van der Waals surface area contributed by atoms with Crippen molar-refractivity contribution >= 4 is 44.9 Å². The minimum atomic E-state index is -0.0736. The molecule has 4 aromatic rings. The van der Waals surface area contributed by atoms with Crippen molar-refractivity contribution in [2.75, 3.05) is 11.9 Å². The Morgan fingerprint density at radius 1 is 1.19 bits per heavy atom. The third-order valence-corrected chi connectivity index (χ3v) is 5.96. The number of nitrogens with one attached hydrogen (secondary N) is 1. The van der Waals surface area contributed by atoms with Gasteiger partial charge in [0.05, 0.1) is 16.7 Å². The Labute approximate surface area is 157 Å². The maximum Gasteiger partial charge on any atom is 0.262 e. The topological polar surface area (TPSA) is 90.0 Å². The first-order valence-corrected chi connectivity index (χ1v) is 10.0. The minimum Gasteiger partial charge on any atom is -0.360 e. The van der Waals surface area contributed by atoms with Crippen LogP contribution in [0.25, 0.3) is 16.7 Å². The van der Waals surface area contributed by atoms with Crippen molar-refractivity contribution in [2.45, 2.75) is 23.4 Å². The Balaban J connectivity index is 1.67. The van der Waals surface area contributed by atoms with Gasteiger partial charge in [0.1, 0.15) is 5.82 Å². The van der Waals surface area contributed by atoms with Crippen LogP contribution < -0.4 is 10.9 Å². The van der Waals surface area contributed by atoms with Crippen molar-refractivity contribution in [2.24, 2.45) is 7.05 Å². The monoisotopic (exact) mass is 387 g/mol. The van der Waals surface area contributed by atoms with Crippen LogP contribution in [0.3, 0.4) is 0 Å². The van der Waals surface area contributed by atoms with E-state index in [4.69, 9.17) is 0 Å². The molecule has 1 aromatic carbocycles. The lowest BCUT2D eigenvalue weighted by atomic mass is 10.2. The molecule has 1 N–H and O–H groups in total. The van der Waals surface area contributed by atoms with Gasteiger partial charge >= 0.3 is 0 Å². The van der Waals surface area contributed by atoms with E-state index in [-0.39, 0.29) is 5.56 Å². The number of anilines is 1. The standard InChI is InChI=1S/C16H17N7OS2/c1-3-8-17-14-19-21-16(26-14)25-9-12-18-20-15-22(2)13(24)10-6-4-5-7-11(10)23(12)15/h4-7H,3,8-9H2,1-2H3,(H,17,19). The summed E-state index contributed by atoms with van der Waals surface area (Å²) in [5.41, 5.74) is 0.740. The fourth-order valence-corrected chi connectivity index (χ4v) is 4.37. The highest BCUT2D eigenvalue weighted by Gasteiger charge is 2.15. The van der Waals surface area contributed by atoms with Crippen molar-refractivity contribution in [1.29, 1.82) is 0 Å². The SMILES string of the molecule is CCCNc1nnc(SCc2nnc3n(C)c(=O)c4ccccc4n23)s1. The molecule has 0 aliphatic rings. The maximum absolute atomic E-state index is 12.5. The molecule has 0 atom stereocenters. The van der Waals surface area contributed by atoms with Gasteiger partial charge in [0.25, 0.3) is 5.56 Å². The van der Waals surface area contributed by atoms with E-state index in [0.717, 1.165) is 33.8 Å². The van der Waals surface area contributed by atoms with Crippen LogP contribution in [0.1, 0.15) is 19.2 Å². The molecule has 0 amide bonds. The molecule has 0 saturated carbocycles. The van der Waals surface area contributed by atoms with E-state index in [1.165, 1.54) is 15.9 Å². The summed E-state index contributed by atoms with van der Waals surface area (Å²) in [5.74, 6) is 1.90. The highest BCUT2D eigenvalue weighted by molar-refractivity contribution is 8.00. The predicted molar refractivity (Wildman–Crippen MR) is 104 cm³/mol. The molecule has 3 aromatic heterocycles. The highest BCUT2D eigenvalue weighted by Crippen LogP contribution is 2.28. The molecule has 0 spiro atoms. The van der Waals surface area contributed by atoms with Gasteiger partial charge in [-0.2, -0.15) is 0 Å². The summed E-state index contributed by atoms with van der Waals surface area (Å²) in [6.45, 7) is 2.99. The second kappa shape index (κ2) is 7.04. The van der Waals surface area contributed by atoms with Crippen LogP contribution in [0.4, 0.5) is 5.13 Å². The number of para-hydroxylation sites is 1. The lowest BCUT2D eigenvalue weighted by Crippen LogP contribution is -2.20. The van der Waals surface area contributed by atoms with Crippen LogP contribution in [0.2, 0.25) is 0 Å². The van der Waals surface area contributed by atoms with E-state index in [1.54, 1.807) is 18.8 Å². The molecule has 0 bridgehead atoms. The van der Waals surface area contributed by atoms with Gasteiger partial charge in [-0.15, -0.1) is 20.4 Å². The summed E-state index contributed by atoms with van der Waals surface area (Å²) < 4.78 is 4.33. The Kier molecular flexibility index (Phi) is 4.60. The van der Waals surface area contributed by atoms with Crippen molar-refractivity contribution < 1.29 is 0 Å². The number of aromatic nitrogens is 6. The zero-order chi connectivity index (χ0) is 18.1. The summed E-state index contributed by atoms with van der Waals surface area (Å²) in [5, 5.41) is 21.5. The first-order valence-electron chi connectivity index (χ1n) is 8.21. The van der Waals surface area contributed by atoms with Gasteiger partial charge in [0, 0.05) is 13.6 Å². The van der Waals surface area contributed by atoms with Crippen molar-refractivity contribution in [3.8, 4) is 0 Å². The van der Waals surface area contributed by atoms with E-state index in [0.29, 0.717) is 16.9 Å². The quantitative estimate of drug-likeness (QED) is 0.509. The van der Waals surface area contributed by atoms with Gasteiger partial charge in [-0.3, -0.25) is 13.8 Å². The maximum atomic E-state index is 12.5. The highest BCUT2D eigenvalue weighted by atomic mass is 32.2. The Hall–Kier alpha value is -2.46. The largest absolute Gasteiger partial charge is 0.360 e. The lowest BCUT2D eigenvalue weighted by Gasteiger charge is -2.07. The zero-order valence-electron chi connectivity index (χ0n) is 14.3. The number of thioether (sulfide) groups is 1. The Morgan fingerprint density at radius 3 is 2.88 bits per heavy atom. The predicted octanol–water partition coefficient (Wildman–Crippen LogP) is 2.55. The number of benzene rings is 1. The fraction of sp³-hybridized carbons (Fsp3) is 0.312. The molecule has 0 fully saturated rings. The molecule has 0 radical (unpaired) electrons. The summed E-state index contributed by atoms with van der Waals surface area (Å²) >= 11 is 3.09. The molecule has 0 unspecified atom stereocenters. The van der Waals surface area contributed by atoms with Gasteiger partial charge in [0.15, 0.2) is 4.34 Å². The minimum absolute atomic E-state index is 0.0736. The average Bonchev–Trinajstić information content (AvgIpc) is 3.29. The number of hydrogen-bond donors (Lipinski definition) is 1. The number of nitrogens with zero attached hydrogens (tertiary/aromatic N) is 6. The molecule has 4 rings (SSSR count). The third-order valence-electron chi connectivity index (χ3n) is 3.95. The first kappa shape index (κ1) is 17.0. The van der Waals surface area contributed by atoms with Crippen molar-refractivity contribution in [3.63, 3.8) is 0 Å². The lowest BCUT2D eigenvalue weighted by molar-refractivity contribution is 0.857. The van der Waals surface area contributed by atoms with Crippen LogP contribution in [0.5, 0.6) is 0 Å². The Morgan fingerprint density at radius 2 is 2.04 bits per heavy atom. The van der Waals surface area contributed by atoms with Gasteiger partial charge < -0.3 is 5.32 Å². The van der Waals surface area contributed by atoms with Crippen LogP contribution in [-0.2, 0) is 12.8 Å². The molecule has 0 aliphatic heterocycles. The summed E-state index contributed by atoms with van der Waals surface area (Å²) in [6, 6.07) is 7.51. The summed E-state index contributed by atoms with van der Waals surface area (Å²) in [7, 11) is 1.71. The summed E-state index contributed by atoms with van der Waals surface area (Å²) in [6.07, 6.45) is 1.04. The zero-order valence-corrected chi connectivity index (χ0v) is 16.0. The number of rotatable bonds is 6. The van der Waals surface area contributed by atoms with Crippen LogP contribution in [-0.4, -0.2) is 35.9 Å². The molecule has 0 saturated heterocycles. The van der Waals surface area contributed by atoms with Crippen molar-refractivity contribution in [1.82, 2.24) is 29.4 Å². The number of fused-ring (bicyclic) bond motifs is 3. The van der Waals surface area contributed by atoms with Gasteiger partial charge in [-0.05, 0) is 18.6 Å². The molecule has 3 heterocycles. The average molecular weight is 387 g/mol.